The van der Waals surface area contributed by atoms with E-state index >= 15 is 0 Å². The first-order chi connectivity index (χ1) is 67.0. The fraction of sp³-hybridized carbons (Fsp3) is 0.0156. The van der Waals surface area contributed by atoms with E-state index in [9.17, 15) is 0 Å². The molecule has 0 amide bonds. The van der Waals surface area contributed by atoms with Crippen LogP contribution in [0, 0.1) is 0 Å². The zero-order valence-corrected chi connectivity index (χ0v) is 73.0. The van der Waals surface area contributed by atoms with Crippen molar-refractivity contribution in [3.05, 3.63) is 518 Å². The molecule has 3 aliphatic heterocycles. The van der Waals surface area contributed by atoms with Gasteiger partial charge in [0.2, 0.25) is 0 Å². The van der Waals surface area contributed by atoms with E-state index in [0.29, 0.717) is 17.2 Å². The van der Waals surface area contributed by atoms with Crippen LogP contribution in [0.1, 0.15) is 44.5 Å². The molecule has 2 spiro atoms. The molecule has 0 unspecified atom stereocenters. The Morgan fingerprint density at radius 1 is 0.193 bits per heavy atom. The van der Waals surface area contributed by atoms with E-state index in [1.165, 1.54) is 155 Å². The number of fused-ring (bicyclic) bond motifs is 28. The van der Waals surface area contributed by atoms with Crippen LogP contribution in [0.15, 0.2) is 478 Å². The maximum absolute atomic E-state index is 6.39. The Bertz CT molecular complexity index is 8880. The highest BCUT2D eigenvalue weighted by Crippen LogP contribution is 2.67. The second-order valence-corrected chi connectivity index (χ2v) is 35.9. The maximum atomic E-state index is 6.39. The first kappa shape index (κ1) is 76.1. The summed E-state index contributed by atoms with van der Waals surface area (Å²) in [5.74, 6) is 2.85. The normalized spacial score (nSPS) is 13.4. The van der Waals surface area contributed by atoms with Crippen molar-refractivity contribution < 1.29 is 13.9 Å². The molecule has 7 nitrogen and oxygen atoms in total. The average Bonchev–Trinajstić information content (AvgIpc) is 1.56. The quantitative estimate of drug-likeness (QED) is 0.140. The summed E-state index contributed by atoms with van der Waals surface area (Å²) in [5, 5.41) is 14.1. The fourth-order valence-corrected chi connectivity index (χ4v) is 23.5. The van der Waals surface area contributed by atoms with Crippen LogP contribution in [0.5, 0.6) is 23.0 Å². The lowest BCUT2D eigenvalue weighted by Crippen LogP contribution is -2.36. The molecule has 2 aliphatic carbocycles. The summed E-state index contributed by atoms with van der Waals surface area (Å²) in [6.45, 7) is 0. The third kappa shape index (κ3) is 11.3. The van der Waals surface area contributed by atoms with Crippen LogP contribution < -0.4 is 19.3 Å². The number of aromatic nitrogens is 2. The van der Waals surface area contributed by atoms with Gasteiger partial charge in [-0.15, -0.1) is 0 Å². The zero-order chi connectivity index (χ0) is 88.6. The van der Waals surface area contributed by atoms with Gasteiger partial charge in [0.1, 0.15) is 11.2 Å². The lowest BCUT2D eigenvalue weighted by Gasteiger charge is -2.45. The van der Waals surface area contributed by atoms with Gasteiger partial charge in [-0.05, 0) is 281 Å². The van der Waals surface area contributed by atoms with Crippen molar-refractivity contribution in [2.75, 3.05) is 9.80 Å². The molecule has 135 heavy (non-hydrogen) atoms. The summed E-state index contributed by atoms with van der Waals surface area (Å²) in [6.07, 6.45) is 4.11. The molecule has 24 aromatic rings. The Morgan fingerprint density at radius 3 is 0.963 bits per heavy atom. The van der Waals surface area contributed by atoms with Gasteiger partial charge in [-0.1, -0.05) is 334 Å². The third-order valence-electron chi connectivity index (χ3n) is 29.0. The van der Waals surface area contributed by atoms with Crippen molar-refractivity contribution in [2.45, 2.75) is 10.8 Å². The molecular weight excluding hydrogens is 1640 g/mol. The van der Waals surface area contributed by atoms with Crippen molar-refractivity contribution in [2.24, 2.45) is 0 Å². The summed E-state index contributed by atoms with van der Waals surface area (Å²) in [4.78, 5) is 15.3. The SMILES string of the molecule is c1ccc(N2c3ccccc3C3(c4ccccc4-c4cc(-c5c6ccccc6c(-c6ccc(-c7ccc8oc9cc%10ccccc%10cc9c8c7)nc6)c6ccccc56)ccc43)c3ccccc32)cc1.c1ccc(N2c3ccccc3C3(c4ccccc4-c4cc(-c5ccc(-c6c7ccccc7c(-c7ccc8c(c7)Oc7ccccc7O8)c7ccccc67)cn5)ccc43)c3ccccc32)cc1. The van der Waals surface area contributed by atoms with Crippen LogP contribution >= 0.6 is 0 Å². The molecule has 0 bridgehead atoms. The number of anilines is 6. The molecule has 7 heteroatoms. The maximum Gasteiger partial charge on any atom is 0.170 e. The van der Waals surface area contributed by atoms with E-state index < -0.39 is 10.8 Å². The third-order valence-corrected chi connectivity index (χ3v) is 29.0. The van der Waals surface area contributed by atoms with Crippen LogP contribution in [-0.4, -0.2) is 9.97 Å². The summed E-state index contributed by atoms with van der Waals surface area (Å²) < 4.78 is 19.0. The standard InChI is InChI=1S/C66H40N2O.C62H38N2O2/c1-2-18-46(19-3-1)68-60-28-14-12-26-57(60)66(58-27-13-15-29-61(58)68)55-25-11-10-20-47(55)52-38-44(30-33-56(52)66)64-48-21-6-8-23-50(48)65(51-24-9-7-22-49(51)64)45-31-34-59(67-40-45)43-32-35-62-53(37-43)54-36-41-16-4-5-17-42(41)39-63(54)69-62;1-2-16-42(17-3-1)64-54-26-12-10-24-51(54)62(52-25-11-13-27-55(52)64)49-23-9-8-18-43(49)48-36-39(30-33-50(48)62)53-34-31-41(38-63-53)61-46-21-6-4-19-44(46)60(45-20-5-7-22-47(45)61)40-32-35-58-59(37-40)66-57-29-15-14-28-56(57)65-58/h1-40H;1-38H. The van der Waals surface area contributed by atoms with Crippen LogP contribution in [0.4, 0.5) is 34.1 Å². The number of hydrogen-bond acceptors (Lipinski definition) is 7. The highest BCUT2D eigenvalue weighted by atomic mass is 16.6. The molecule has 0 saturated carbocycles. The smallest absolute Gasteiger partial charge is 0.170 e. The largest absolute Gasteiger partial charge is 0.456 e. The molecule has 0 fully saturated rings. The highest BCUT2D eigenvalue weighted by Gasteiger charge is 2.54. The van der Waals surface area contributed by atoms with Gasteiger partial charge < -0.3 is 23.7 Å². The molecule has 0 atom stereocenters. The van der Waals surface area contributed by atoms with Crippen molar-refractivity contribution in [1.82, 2.24) is 9.97 Å². The van der Waals surface area contributed by atoms with Crippen molar-refractivity contribution in [1.29, 1.82) is 0 Å². The number of pyridine rings is 2. The van der Waals surface area contributed by atoms with E-state index in [0.717, 1.165) is 94.6 Å². The predicted molar refractivity (Wildman–Crippen MR) is 554 cm³/mol. The van der Waals surface area contributed by atoms with Crippen molar-refractivity contribution >= 4 is 110 Å². The first-order valence-corrected chi connectivity index (χ1v) is 46.3. The molecule has 628 valence electrons. The number of furan rings is 1. The van der Waals surface area contributed by atoms with Gasteiger partial charge in [0, 0.05) is 56.8 Å². The number of rotatable bonds is 8. The van der Waals surface area contributed by atoms with Crippen molar-refractivity contribution in [3.63, 3.8) is 0 Å². The van der Waals surface area contributed by atoms with Gasteiger partial charge >= 0.3 is 0 Å². The predicted octanol–water partition coefficient (Wildman–Crippen LogP) is 34.0. The number of ether oxygens (including phenoxy) is 2. The Morgan fingerprint density at radius 2 is 0.511 bits per heavy atom. The van der Waals surface area contributed by atoms with E-state index in [4.69, 9.17) is 23.9 Å². The minimum Gasteiger partial charge on any atom is -0.456 e. The van der Waals surface area contributed by atoms with E-state index in [1.54, 1.807) is 0 Å². The minimum absolute atomic E-state index is 0.500. The summed E-state index contributed by atoms with van der Waals surface area (Å²) in [5.41, 5.74) is 36.4. The number of nitrogens with zero attached hydrogens (tertiary/aromatic N) is 4. The lowest BCUT2D eigenvalue weighted by atomic mass is 9.64. The second-order valence-electron chi connectivity index (χ2n) is 35.9. The van der Waals surface area contributed by atoms with E-state index in [1.807, 2.05) is 30.3 Å². The topological polar surface area (TPSA) is 63.9 Å². The Hall–Kier alpha value is -17.8. The number of hydrogen-bond donors (Lipinski definition) is 0. The summed E-state index contributed by atoms with van der Waals surface area (Å²) in [6, 6.07) is 167. The van der Waals surface area contributed by atoms with E-state index in [-0.39, 0.29) is 0 Å². The van der Waals surface area contributed by atoms with Crippen molar-refractivity contribution in [3.8, 4) is 112 Å². The molecule has 0 saturated heterocycles. The number of benzene rings is 21. The molecule has 6 heterocycles. The van der Waals surface area contributed by atoms with Gasteiger partial charge in [0.05, 0.1) is 45.0 Å². The average molecular weight is 1720 g/mol. The van der Waals surface area contributed by atoms with Gasteiger partial charge in [0.25, 0.3) is 0 Å². The Labute approximate surface area is 779 Å². The molecule has 5 aliphatic rings. The summed E-state index contributed by atoms with van der Waals surface area (Å²) >= 11 is 0. The Balaban J connectivity index is 0.000000134. The highest BCUT2D eigenvalue weighted by molar-refractivity contribution is 6.24. The monoisotopic (exact) mass is 1720 g/mol. The molecule has 0 N–H and O–H groups in total. The first-order valence-electron chi connectivity index (χ1n) is 46.3. The zero-order valence-electron chi connectivity index (χ0n) is 73.0. The Kier molecular flexibility index (Phi) is 16.9. The van der Waals surface area contributed by atoms with Gasteiger partial charge in [-0.2, -0.15) is 0 Å². The second kappa shape index (κ2) is 29.9. The molecule has 3 aromatic heterocycles. The minimum atomic E-state index is -0.511. The fourth-order valence-electron chi connectivity index (χ4n) is 23.5. The molecule has 21 aromatic carbocycles. The number of para-hydroxylation sites is 8. The van der Waals surface area contributed by atoms with Crippen LogP contribution in [0.2, 0.25) is 0 Å². The molecule has 0 radical (unpaired) electrons. The van der Waals surface area contributed by atoms with Gasteiger partial charge in [0.15, 0.2) is 23.0 Å². The molecular formula is C128H78N4O3. The lowest BCUT2D eigenvalue weighted by molar-refractivity contribution is 0.360. The van der Waals surface area contributed by atoms with Crippen LogP contribution in [0.25, 0.3) is 165 Å². The van der Waals surface area contributed by atoms with Crippen LogP contribution in [-0.2, 0) is 10.8 Å². The van der Waals surface area contributed by atoms with Crippen LogP contribution in [0.3, 0.4) is 0 Å². The van der Waals surface area contributed by atoms with E-state index in [2.05, 4.69) is 453 Å². The van der Waals surface area contributed by atoms with Gasteiger partial charge in [-0.3, -0.25) is 9.97 Å². The van der Waals surface area contributed by atoms with Gasteiger partial charge in [-0.25, -0.2) is 0 Å². The molecule has 29 rings (SSSR count). The summed E-state index contributed by atoms with van der Waals surface area (Å²) in [7, 11) is 0.